The number of methoxy groups -OCH3 is 1. The Balaban J connectivity index is 1.94. The predicted octanol–water partition coefficient (Wildman–Crippen LogP) is 2.81. The van der Waals surface area contributed by atoms with Gasteiger partial charge in [-0.2, -0.15) is 4.98 Å². The Kier molecular flexibility index (Phi) is 6.82. The van der Waals surface area contributed by atoms with Crippen LogP contribution < -0.4 is 14.8 Å². The van der Waals surface area contributed by atoms with E-state index in [9.17, 15) is 4.79 Å². The van der Waals surface area contributed by atoms with Crippen LogP contribution in [0.5, 0.6) is 11.5 Å². The van der Waals surface area contributed by atoms with E-state index in [1.807, 2.05) is 6.92 Å². The molecule has 0 bridgehead atoms. The maximum absolute atomic E-state index is 11.9. The van der Waals surface area contributed by atoms with Gasteiger partial charge in [0, 0.05) is 19.0 Å². The molecule has 25 heavy (non-hydrogen) atoms. The molecular formula is C17H20ClN3O4. The highest BCUT2D eigenvalue weighted by Gasteiger charge is 2.10. The number of benzene rings is 1. The molecule has 1 aromatic heterocycles. The van der Waals surface area contributed by atoms with E-state index in [4.69, 9.17) is 25.6 Å². The topological polar surface area (TPSA) is 86.5 Å². The first kappa shape index (κ1) is 18.8. The molecule has 8 heteroatoms. The van der Waals surface area contributed by atoms with Gasteiger partial charge in [-0.1, -0.05) is 16.8 Å². The van der Waals surface area contributed by atoms with Crippen molar-refractivity contribution in [1.82, 2.24) is 15.5 Å². The minimum absolute atomic E-state index is 0.235. The van der Waals surface area contributed by atoms with Crippen LogP contribution in [0, 0.1) is 6.92 Å². The zero-order valence-electron chi connectivity index (χ0n) is 14.3. The van der Waals surface area contributed by atoms with Gasteiger partial charge in [-0.15, -0.1) is 0 Å². The molecule has 0 aliphatic heterocycles. The molecule has 1 amide bonds. The molecule has 0 aliphatic rings. The third-order valence-corrected chi connectivity index (χ3v) is 3.45. The van der Waals surface area contributed by atoms with Gasteiger partial charge in [0.25, 0.3) is 0 Å². The number of hydrogen-bond donors (Lipinski definition) is 1. The lowest BCUT2D eigenvalue weighted by Crippen LogP contribution is -2.23. The Morgan fingerprint density at radius 1 is 1.44 bits per heavy atom. The third kappa shape index (κ3) is 5.49. The second-order valence-corrected chi connectivity index (χ2v) is 5.48. The number of nitrogens with one attached hydrogen (secondary N) is 1. The van der Waals surface area contributed by atoms with Crippen LogP contribution in [0.25, 0.3) is 6.08 Å². The third-order valence-electron chi connectivity index (χ3n) is 3.17. The van der Waals surface area contributed by atoms with Gasteiger partial charge in [0.15, 0.2) is 17.3 Å². The number of carbonyl (C=O) groups excluding carboxylic acids is 1. The summed E-state index contributed by atoms with van der Waals surface area (Å²) in [5, 5.41) is 6.85. The van der Waals surface area contributed by atoms with Crippen molar-refractivity contribution < 1.29 is 18.8 Å². The van der Waals surface area contributed by atoms with Crippen LogP contribution in [0.3, 0.4) is 0 Å². The maximum Gasteiger partial charge on any atom is 0.244 e. The smallest absolute Gasteiger partial charge is 0.244 e. The quantitative estimate of drug-likeness (QED) is 0.724. The largest absolute Gasteiger partial charge is 0.491 e. The molecule has 0 unspecified atom stereocenters. The molecule has 7 nitrogen and oxygen atoms in total. The monoisotopic (exact) mass is 365 g/mol. The molecule has 134 valence electrons. The molecule has 0 radical (unpaired) electrons. The summed E-state index contributed by atoms with van der Waals surface area (Å²) in [6, 6.07) is 3.47. The highest BCUT2D eigenvalue weighted by atomic mass is 35.5. The van der Waals surface area contributed by atoms with Gasteiger partial charge in [0.05, 0.1) is 18.7 Å². The fourth-order valence-corrected chi connectivity index (χ4v) is 2.41. The van der Waals surface area contributed by atoms with Crippen molar-refractivity contribution in [1.29, 1.82) is 0 Å². The average Bonchev–Trinajstić information content (AvgIpc) is 2.98. The molecule has 1 aromatic carbocycles. The van der Waals surface area contributed by atoms with E-state index in [2.05, 4.69) is 15.5 Å². The van der Waals surface area contributed by atoms with Gasteiger partial charge in [-0.05, 0) is 37.6 Å². The fraction of sp³-hybridized carbons (Fsp3) is 0.353. The van der Waals surface area contributed by atoms with Crippen LogP contribution in [-0.2, 0) is 11.2 Å². The van der Waals surface area contributed by atoms with Crippen molar-refractivity contribution >= 4 is 23.6 Å². The summed E-state index contributed by atoms with van der Waals surface area (Å²) in [6.45, 7) is 4.49. The normalized spacial score (nSPS) is 10.9. The first-order valence-electron chi connectivity index (χ1n) is 7.79. The van der Waals surface area contributed by atoms with Crippen molar-refractivity contribution in [2.45, 2.75) is 20.3 Å². The van der Waals surface area contributed by atoms with Crippen LogP contribution in [0.2, 0.25) is 5.02 Å². The lowest BCUT2D eigenvalue weighted by Gasteiger charge is -2.11. The van der Waals surface area contributed by atoms with E-state index in [0.29, 0.717) is 47.8 Å². The molecule has 0 spiro atoms. The molecule has 1 N–H and O–H groups in total. The lowest BCUT2D eigenvalue weighted by atomic mass is 10.2. The molecule has 0 saturated heterocycles. The summed E-state index contributed by atoms with van der Waals surface area (Å²) in [4.78, 5) is 15.9. The van der Waals surface area contributed by atoms with Gasteiger partial charge in [-0.3, -0.25) is 4.79 Å². The SMILES string of the molecule is CCOc1cc(/C=C/C(=O)NCCc2nc(C)no2)cc(Cl)c1OC. The predicted molar refractivity (Wildman–Crippen MR) is 94.0 cm³/mol. The van der Waals surface area contributed by atoms with Crippen molar-refractivity contribution in [3.8, 4) is 11.5 Å². The van der Waals surface area contributed by atoms with Gasteiger partial charge in [-0.25, -0.2) is 0 Å². The molecule has 0 aliphatic carbocycles. The van der Waals surface area contributed by atoms with Crippen LogP contribution in [0.1, 0.15) is 24.2 Å². The van der Waals surface area contributed by atoms with Crippen LogP contribution in [0.15, 0.2) is 22.7 Å². The average molecular weight is 366 g/mol. The maximum atomic E-state index is 11.9. The minimum atomic E-state index is -0.235. The van der Waals surface area contributed by atoms with Crippen LogP contribution in [0.4, 0.5) is 0 Å². The van der Waals surface area contributed by atoms with E-state index >= 15 is 0 Å². The Morgan fingerprint density at radius 3 is 2.88 bits per heavy atom. The molecular weight excluding hydrogens is 346 g/mol. The Labute approximate surface area is 151 Å². The van der Waals surface area contributed by atoms with Crippen molar-refractivity contribution in [3.05, 3.63) is 40.5 Å². The van der Waals surface area contributed by atoms with Crippen LogP contribution >= 0.6 is 11.6 Å². The van der Waals surface area contributed by atoms with E-state index in [0.717, 1.165) is 5.56 Å². The molecule has 2 aromatic rings. The molecule has 0 saturated carbocycles. The number of ether oxygens (including phenoxy) is 2. The van der Waals surface area contributed by atoms with Crippen molar-refractivity contribution in [2.75, 3.05) is 20.3 Å². The lowest BCUT2D eigenvalue weighted by molar-refractivity contribution is -0.116. The summed E-state index contributed by atoms with van der Waals surface area (Å²) in [6.07, 6.45) is 3.55. The van der Waals surface area contributed by atoms with Gasteiger partial charge < -0.3 is 19.3 Å². The second kappa shape index (κ2) is 9.08. The summed E-state index contributed by atoms with van der Waals surface area (Å²) < 4.78 is 15.7. The number of carbonyl (C=O) groups is 1. The van der Waals surface area contributed by atoms with E-state index in [1.54, 1.807) is 25.1 Å². The summed E-state index contributed by atoms with van der Waals surface area (Å²) in [5.74, 6) is 1.83. The van der Waals surface area contributed by atoms with Gasteiger partial charge in [0.2, 0.25) is 11.8 Å². The zero-order chi connectivity index (χ0) is 18.2. The number of aromatic nitrogens is 2. The highest BCUT2D eigenvalue weighted by molar-refractivity contribution is 6.32. The Hall–Kier alpha value is -2.54. The minimum Gasteiger partial charge on any atom is -0.491 e. The number of hydrogen-bond acceptors (Lipinski definition) is 6. The van der Waals surface area contributed by atoms with E-state index in [-0.39, 0.29) is 5.91 Å². The van der Waals surface area contributed by atoms with E-state index < -0.39 is 0 Å². The van der Waals surface area contributed by atoms with Crippen LogP contribution in [-0.4, -0.2) is 36.3 Å². The fourth-order valence-electron chi connectivity index (χ4n) is 2.11. The Morgan fingerprint density at radius 2 is 2.24 bits per heavy atom. The molecule has 0 fully saturated rings. The first-order valence-corrected chi connectivity index (χ1v) is 8.16. The van der Waals surface area contributed by atoms with Crippen molar-refractivity contribution in [2.24, 2.45) is 0 Å². The number of aryl methyl sites for hydroxylation is 1. The molecule has 2 rings (SSSR count). The summed E-state index contributed by atoms with van der Waals surface area (Å²) >= 11 is 6.18. The zero-order valence-corrected chi connectivity index (χ0v) is 15.1. The second-order valence-electron chi connectivity index (χ2n) is 5.08. The standard InChI is InChI=1S/C17H20ClN3O4/c1-4-24-14-10-12(9-13(18)17(14)23-3)5-6-15(22)19-8-7-16-20-11(2)21-25-16/h5-6,9-10H,4,7-8H2,1-3H3,(H,19,22)/b6-5+. The number of rotatable bonds is 8. The highest BCUT2D eigenvalue weighted by Crippen LogP contribution is 2.36. The summed E-state index contributed by atoms with van der Waals surface area (Å²) in [5.41, 5.74) is 0.733. The first-order chi connectivity index (χ1) is 12.0. The van der Waals surface area contributed by atoms with Gasteiger partial charge in [0.1, 0.15) is 0 Å². The van der Waals surface area contributed by atoms with Crippen molar-refractivity contribution in [3.63, 3.8) is 0 Å². The number of amides is 1. The molecule has 0 atom stereocenters. The van der Waals surface area contributed by atoms with Gasteiger partial charge >= 0.3 is 0 Å². The molecule has 1 heterocycles. The Bertz CT molecular complexity index is 758. The number of halogens is 1. The summed E-state index contributed by atoms with van der Waals surface area (Å²) in [7, 11) is 1.53. The van der Waals surface area contributed by atoms with E-state index in [1.165, 1.54) is 13.2 Å². The number of nitrogens with zero attached hydrogens (tertiary/aromatic N) is 2.